The SMILES string of the molecule is Cc1cc(C)c(NCC(O)CO)cc1C. The summed E-state index contributed by atoms with van der Waals surface area (Å²) in [6.07, 6.45) is -0.703. The molecule has 1 aromatic carbocycles. The molecule has 1 unspecified atom stereocenters. The standard InChI is InChI=1S/C12H19NO2/c1-8-4-10(3)12(5-9(8)2)13-6-11(15)7-14/h4-5,11,13-15H,6-7H2,1-3H3. The van der Waals surface area contributed by atoms with E-state index in [1.165, 1.54) is 11.1 Å². The Balaban J connectivity index is 2.73. The normalized spacial score (nSPS) is 12.6. The summed E-state index contributed by atoms with van der Waals surface area (Å²) in [5.74, 6) is 0. The Bertz CT molecular complexity index is 337. The summed E-state index contributed by atoms with van der Waals surface area (Å²) in [7, 11) is 0. The quantitative estimate of drug-likeness (QED) is 0.702. The van der Waals surface area contributed by atoms with E-state index in [0.717, 1.165) is 11.3 Å². The lowest BCUT2D eigenvalue weighted by atomic mass is 10.0. The van der Waals surface area contributed by atoms with Gasteiger partial charge in [-0.3, -0.25) is 0 Å². The minimum Gasteiger partial charge on any atom is -0.394 e. The second kappa shape index (κ2) is 5.14. The number of aliphatic hydroxyl groups is 2. The van der Waals surface area contributed by atoms with Crippen molar-refractivity contribution >= 4 is 5.69 Å². The second-order valence-corrected chi connectivity index (χ2v) is 3.97. The van der Waals surface area contributed by atoms with Gasteiger partial charge in [0.15, 0.2) is 0 Å². The first kappa shape index (κ1) is 12.0. The lowest BCUT2D eigenvalue weighted by molar-refractivity contribution is 0.105. The van der Waals surface area contributed by atoms with E-state index >= 15 is 0 Å². The molecule has 0 spiro atoms. The molecular weight excluding hydrogens is 190 g/mol. The highest BCUT2D eigenvalue weighted by molar-refractivity contribution is 5.54. The zero-order valence-electron chi connectivity index (χ0n) is 9.54. The molecule has 0 saturated heterocycles. The number of rotatable bonds is 4. The number of aryl methyl sites for hydroxylation is 3. The van der Waals surface area contributed by atoms with E-state index in [9.17, 15) is 5.11 Å². The molecule has 0 fully saturated rings. The molecule has 3 N–H and O–H groups in total. The molecule has 0 aromatic heterocycles. The Kier molecular flexibility index (Phi) is 4.12. The van der Waals surface area contributed by atoms with Crippen LogP contribution in [-0.4, -0.2) is 29.5 Å². The number of benzene rings is 1. The van der Waals surface area contributed by atoms with Gasteiger partial charge in [-0.1, -0.05) is 6.07 Å². The van der Waals surface area contributed by atoms with Crippen molar-refractivity contribution in [3.05, 3.63) is 28.8 Å². The Morgan fingerprint density at radius 3 is 2.33 bits per heavy atom. The molecule has 0 aliphatic carbocycles. The predicted octanol–water partition coefficient (Wildman–Crippen LogP) is 1.38. The summed E-state index contributed by atoms with van der Waals surface area (Å²) < 4.78 is 0. The van der Waals surface area contributed by atoms with Crippen LogP contribution < -0.4 is 5.32 Å². The molecule has 3 nitrogen and oxygen atoms in total. The van der Waals surface area contributed by atoms with Crippen LogP contribution in [0.2, 0.25) is 0 Å². The fourth-order valence-electron chi connectivity index (χ4n) is 1.44. The molecule has 1 rings (SSSR count). The van der Waals surface area contributed by atoms with Gasteiger partial charge >= 0.3 is 0 Å². The van der Waals surface area contributed by atoms with Crippen LogP contribution in [0.25, 0.3) is 0 Å². The summed E-state index contributed by atoms with van der Waals surface area (Å²) in [5.41, 5.74) is 4.66. The Morgan fingerprint density at radius 2 is 1.73 bits per heavy atom. The average Bonchev–Trinajstić information content (AvgIpc) is 2.21. The highest BCUT2D eigenvalue weighted by Gasteiger charge is 2.04. The van der Waals surface area contributed by atoms with E-state index in [1.807, 2.05) is 6.92 Å². The minimum atomic E-state index is -0.703. The van der Waals surface area contributed by atoms with Gasteiger partial charge in [-0.05, 0) is 43.5 Å². The highest BCUT2D eigenvalue weighted by atomic mass is 16.3. The van der Waals surface area contributed by atoms with E-state index in [1.54, 1.807) is 0 Å². The van der Waals surface area contributed by atoms with Crippen molar-refractivity contribution in [2.75, 3.05) is 18.5 Å². The van der Waals surface area contributed by atoms with Crippen LogP contribution in [0.3, 0.4) is 0 Å². The monoisotopic (exact) mass is 209 g/mol. The van der Waals surface area contributed by atoms with E-state index in [0.29, 0.717) is 6.54 Å². The van der Waals surface area contributed by atoms with Gasteiger partial charge in [-0.2, -0.15) is 0 Å². The molecule has 1 aromatic rings. The summed E-state index contributed by atoms with van der Waals surface area (Å²) in [6, 6.07) is 4.18. The molecule has 0 aliphatic heterocycles. The Morgan fingerprint density at radius 1 is 1.13 bits per heavy atom. The zero-order chi connectivity index (χ0) is 11.4. The van der Waals surface area contributed by atoms with Crippen molar-refractivity contribution in [2.45, 2.75) is 26.9 Å². The van der Waals surface area contributed by atoms with Gasteiger partial charge in [0, 0.05) is 12.2 Å². The maximum absolute atomic E-state index is 9.22. The van der Waals surface area contributed by atoms with Gasteiger partial charge in [0.1, 0.15) is 0 Å². The van der Waals surface area contributed by atoms with Crippen molar-refractivity contribution in [2.24, 2.45) is 0 Å². The third kappa shape index (κ3) is 3.22. The third-order valence-corrected chi connectivity index (χ3v) is 2.58. The van der Waals surface area contributed by atoms with E-state index in [2.05, 4.69) is 31.3 Å². The average molecular weight is 209 g/mol. The van der Waals surface area contributed by atoms with Crippen molar-refractivity contribution in [3.63, 3.8) is 0 Å². The lowest BCUT2D eigenvalue weighted by Gasteiger charge is -2.14. The summed E-state index contributed by atoms with van der Waals surface area (Å²) in [5, 5.41) is 21.0. The lowest BCUT2D eigenvalue weighted by Crippen LogP contribution is -2.23. The first-order valence-corrected chi connectivity index (χ1v) is 5.15. The highest BCUT2D eigenvalue weighted by Crippen LogP contribution is 2.19. The maximum atomic E-state index is 9.22. The van der Waals surface area contributed by atoms with Crippen molar-refractivity contribution in [3.8, 4) is 0 Å². The van der Waals surface area contributed by atoms with Crippen LogP contribution in [0.4, 0.5) is 5.69 Å². The Hall–Kier alpha value is -1.06. The van der Waals surface area contributed by atoms with Crippen LogP contribution >= 0.6 is 0 Å². The number of aliphatic hydroxyl groups excluding tert-OH is 2. The molecule has 0 bridgehead atoms. The van der Waals surface area contributed by atoms with Crippen LogP contribution in [0.1, 0.15) is 16.7 Å². The molecule has 3 heteroatoms. The van der Waals surface area contributed by atoms with E-state index in [-0.39, 0.29) is 6.61 Å². The molecular formula is C12H19NO2. The summed E-state index contributed by atoms with van der Waals surface area (Å²) >= 11 is 0. The number of anilines is 1. The summed E-state index contributed by atoms with van der Waals surface area (Å²) in [4.78, 5) is 0. The van der Waals surface area contributed by atoms with Gasteiger partial charge in [0.05, 0.1) is 12.7 Å². The first-order chi connectivity index (χ1) is 7.04. The fourth-order valence-corrected chi connectivity index (χ4v) is 1.44. The molecule has 1 atom stereocenters. The van der Waals surface area contributed by atoms with Crippen LogP contribution in [0, 0.1) is 20.8 Å². The molecule has 0 saturated carbocycles. The number of nitrogens with one attached hydrogen (secondary N) is 1. The molecule has 15 heavy (non-hydrogen) atoms. The largest absolute Gasteiger partial charge is 0.394 e. The van der Waals surface area contributed by atoms with Gasteiger partial charge in [0.25, 0.3) is 0 Å². The molecule has 0 radical (unpaired) electrons. The molecule has 84 valence electrons. The van der Waals surface area contributed by atoms with Crippen molar-refractivity contribution < 1.29 is 10.2 Å². The number of hydrogen-bond acceptors (Lipinski definition) is 3. The van der Waals surface area contributed by atoms with Gasteiger partial charge in [-0.25, -0.2) is 0 Å². The second-order valence-electron chi connectivity index (χ2n) is 3.97. The first-order valence-electron chi connectivity index (χ1n) is 5.15. The van der Waals surface area contributed by atoms with Crippen LogP contribution in [0.5, 0.6) is 0 Å². The van der Waals surface area contributed by atoms with Crippen molar-refractivity contribution in [1.29, 1.82) is 0 Å². The molecule has 0 amide bonds. The number of hydrogen-bond donors (Lipinski definition) is 3. The molecule has 0 aliphatic rings. The van der Waals surface area contributed by atoms with Gasteiger partial charge < -0.3 is 15.5 Å². The van der Waals surface area contributed by atoms with Crippen molar-refractivity contribution in [1.82, 2.24) is 0 Å². The van der Waals surface area contributed by atoms with Gasteiger partial charge in [0.2, 0.25) is 0 Å². The molecule has 0 heterocycles. The Labute approximate surface area is 90.8 Å². The fraction of sp³-hybridized carbons (Fsp3) is 0.500. The maximum Gasteiger partial charge on any atom is 0.0942 e. The predicted molar refractivity (Wildman–Crippen MR) is 62.2 cm³/mol. The zero-order valence-corrected chi connectivity index (χ0v) is 9.54. The topological polar surface area (TPSA) is 52.5 Å². The van der Waals surface area contributed by atoms with Gasteiger partial charge in [-0.15, -0.1) is 0 Å². The van der Waals surface area contributed by atoms with E-state index < -0.39 is 6.10 Å². The minimum absolute atomic E-state index is 0.211. The van der Waals surface area contributed by atoms with E-state index in [4.69, 9.17) is 5.11 Å². The summed E-state index contributed by atoms with van der Waals surface area (Å²) in [6.45, 7) is 6.33. The van der Waals surface area contributed by atoms with Crippen LogP contribution in [0.15, 0.2) is 12.1 Å². The van der Waals surface area contributed by atoms with Crippen LogP contribution in [-0.2, 0) is 0 Å². The third-order valence-electron chi connectivity index (χ3n) is 2.58. The smallest absolute Gasteiger partial charge is 0.0942 e.